The molecule has 1 saturated heterocycles. The quantitative estimate of drug-likeness (QED) is 0.374. The molecule has 0 saturated carbocycles. The van der Waals surface area contributed by atoms with E-state index in [0.29, 0.717) is 5.92 Å². The third kappa shape index (κ3) is 3.96. The van der Waals surface area contributed by atoms with Gasteiger partial charge in [0, 0.05) is 28.9 Å². The lowest BCUT2D eigenvalue weighted by molar-refractivity contribution is 0.255. The number of aryl methyl sites for hydroxylation is 1. The number of aromatic nitrogens is 5. The summed E-state index contributed by atoms with van der Waals surface area (Å²) in [6.45, 7) is 4.14. The normalized spacial score (nSPS) is 14.8. The van der Waals surface area contributed by atoms with Crippen molar-refractivity contribution in [3.63, 3.8) is 0 Å². The first kappa shape index (κ1) is 22.2. The van der Waals surface area contributed by atoms with Gasteiger partial charge < -0.3 is 9.88 Å². The number of nitrogens with zero attached hydrogens (tertiary/aromatic N) is 6. The van der Waals surface area contributed by atoms with Crippen LogP contribution >= 0.6 is 0 Å². The molecule has 0 atom stereocenters. The Kier molecular flexibility index (Phi) is 5.59. The average molecular weight is 474 g/mol. The van der Waals surface area contributed by atoms with Crippen molar-refractivity contribution in [2.75, 3.05) is 20.1 Å². The number of rotatable bonds is 4. The number of nitriles is 1. The third-order valence-corrected chi connectivity index (χ3v) is 7.34. The van der Waals surface area contributed by atoms with Crippen molar-refractivity contribution in [1.82, 2.24) is 29.9 Å². The summed E-state index contributed by atoms with van der Waals surface area (Å²) < 4.78 is 1.82. The van der Waals surface area contributed by atoms with Crippen molar-refractivity contribution in [3.05, 3.63) is 83.9 Å². The Labute approximate surface area is 210 Å². The molecule has 1 N–H and O–H groups in total. The molecule has 5 aromatic rings. The molecular weight excluding hydrogens is 446 g/mol. The third-order valence-electron chi connectivity index (χ3n) is 7.34. The summed E-state index contributed by atoms with van der Waals surface area (Å²) in [4.78, 5) is 10.3. The molecule has 1 aliphatic rings. The SMILES string of the molecule is Cc1cnnn1-c1ccc(-c2c[nH]c3ncc(-c4ccc(C5CCN(C)CC5)c(C#N)c4)cc23)cc1. The zero-order valence-corrected chi connectivity index (χ0v) is 20.4. The molecule has 6 rings (SSSR count). The van der Waals surface area contributed by atoms with Crippen LogP contribution in [0.15, 0.2) is 67.1 Å². The fourth-order valence-corrected chi connectivity index (χ4v) is 5.23. The Morgan fingerprint density at radius 2 is 1.75 bits per heavy atom. The van der Waals surface area contributed by atoms with Crippen molar-refractivity contribution in [3.8, 4) is 34.0 Å². The van der Waals surface area contributed by atoms with Crippen molar-refractivity contribution in [2.45, 2.75) is 25.7 Å². The van der Waals surface area contributed by atoms with Gasteiger partial charge in [0.25, 0.3) is 0 Å². The molecular formula is C29H27N7. The molecule has 0 unspecified atom stereocenters. The second kappa shape index (κ2) is 9.06. The van der Waals surface area contributed by atoms with Crippen molar-refractivity contribution >= 4 is 11.0 Å². The predicted molar refractivity (Wildman–Crippen MR) is 141 cm³/mol. The highest BCUT2D eigenvalue weighted by Gasteiger charge is 2.21. The Bertz CT molecular complexity index is 1580. The standard InChI is InChI=1S/C29H27N7/c1-19-16-33-34-36(19)25-6-3-20(4-7-25)28-18-32-29-27(28)14-24(17-31-29)22-5-8-26(23(13-22)15-30)21-9-11-35(2)12-10-21/h3-8,13-14,16-18,21H,9-12H2,1-2H3,(H,31,32). The van der Waals surface area contributed by atoms with Crippen LogP contribution in [-0.4, -0.2) is 50.0 Å². The van der Waals surface area contributed by atoms with Gasteiger partial charge >= 0.3 is 0 Å². The fourth-order valence-electron chi connectivity index (χ4n) is 5.23. The van der Waals surface area contributed by atoms with E-state index < -0.39 is 0 Å². The second-order valence-electron chi connectivity index (χ2n) is 9.65. The van der Waals surface area contributed by atoms with Gasteiger partial charge in [-0.15, -0.1) is 5.10 Å². The van der Waals surface area contributed by atoms with Gasteiger partial charge in [-0.05, 0) is 86.8 Å². The lowest BCUT2D eigenvalue weighted by Crippen LogP contribution is -2.29. The van der Waals surface area contributed by atoms with Gasteiger partial charge in [-0.25, -0.2) is 9.67 Å². The number of fused-ring (bicyclic) bond motifs is 1. The lowest BCUT2D eigenvalue weighted by Gasteiger charge is -2.29. The van der Waals surface area contributed by atoms with Crippen LogP contribution in [0.3, 0.4) is 0 Å². The molecule has 1 fully saturated rings. The van der Waals surface area contributed by atoms with Gasteiger partial charge in [0.05, 0.1) is 29.2 Å². The van der Waals surface area contributed by atoms with Crippen LogP contribution < -0.4 is 0 Å². The van der Waals surface area contributed by atoms with Gasteiger partial charge in [-0.1, -0.05) is 29.5 Å². The number of likely N-dealkylation sites (tertiary alicyclic amines) is 1. The van der Waals surface area contributed by atoms with E-state index in [1.807, 2.05) is 42.2 Å². The van der Waals surface area contributed by atoms with Gasteiger partial charge in [0.15, 0.2) is 0 Å². The summed E-state index contributed by atoms with van der Waals surface area (Å²) in [5, 5.41) is 19.1. The molecule has 0 amide bonds. The van der Waals surface area contributed by atoms with Gasteiger partial charge in [0.1, 0.15) is 5.65 Å². The highest BCUT2D eigenvalue weighted by molar-refractivity contribution is 5.96. The van der Waals surface area contributed by atoms with Crippen LogP contribution in [0, 0.1) is 18.3 Å². The van der Waals surface area contributed by atoms with E-state index >= 15 is 0 Å². The van der Waals surface area contributed by atoms with E-state index in [1.54, 1.807) is 6.20 Å². The van der Waals surface area contributed by atoms with Crippen LogP contribution in [0.4, 0.5) is 0 Å². The summed E-state index contributed by atoms with van der Waals surface area (Å²) in [6.07, 6.45) is 7.82. The predicted octanol–water partition coefficient (Wildman–Crippen LogP) is 5.47. The summed E-state index contributed by atoms with van der Waals surface area (Å²) in [6, 6.07) is 19.2. The summed E-state index contributed by atoms with van der Waals surface area (Å²) in [5.74, 6) is 0.450. The lowest BCUT2D eigenvalue weighted by atomic mass is 9.85. The molecule has 1 aliphatic heterocycles. The summed E-state index contributed by atoms with van der Waals surface area (Å²) in [7, 11) is 2.16. The topological polar surface area (TPSA) is 86.4 Å². The number of H-pyrrole nitrogens is 1. The minimum Gasteiger partial charge on any atom is -0.346 e. The maximum absolute atomic E-state index is 9.92. The molecule has 7 nitrogen and oxygen atoms in total. The maximum atomic E-state index is 9.92. The molecule has 7 heteroatoms. The molecule has 3 aromatic heterocycles. The number of aromatic amines is 1. The number of hydrogen-bond donors (Lipinski definition) is 1. The van der Waals surface area contributed by atoms with E-state index in [-0.39, 0.29) is 0 Å². The number of nitrogens with one attached hydrogen (secondary N) is 1. The molecule has 0 radical (unpaired) electrons. The summed E-state index contributed by atoms with van der Waals surface area (Å²) >= 11 is 0. The van der Waals surface area contributed by atoms with Gasteiger partial charge in [-0.2, -0.15) is 5.26 Å². The van der Waals surface area contributed by atoms with E-state index in [2.05, 4.69) is 68.6 Å². The minimum atomic E-state index is 0.450. The average Bonchev–Trinajstić information content (AvgIpc) is 3.54. The summed E-state index contributed by atoms with van der Waals surface area (Å²) in [5.41, 5.74) is 8.95. The first-order valence-corrected chi connectivity index (χ1v) is 12.3. The van der Waals surface area contributed by atoms with Gasteiger partial charge in [-0.3, -0.25) is 0 Å². The monoisotopic (exact) mass is 473 g/mol. The maximum Gasteiger partial charge on any atom is 0.137 e. The number of piperidine rings is 1. The zero-order valence-electron chi connectivity index (χ0n) is 20.4. The van der Waals surface area contributed by atoms with Gasteiger partial charge in [0.2, 0.25) is 0 Å². The van der Waals surface area contributed by atoms with Crippen molar-refractivity contribution in [2.24, 2.45) is 0 Å². The Hall–Kier alpha value is -4.28. The van der Waals surface area contributed by atoms with E-state index in [9.17, 15) is 5.26 Å². The van der Waals surface area contributed by atoms with Crippen molar-refractivity contribution in [1.29, 1.82) is 5.26 Å². The van der Waals surface area contributed by atoms with Crippen molar-refractivity contribution < 1.29 is 0 Å². The van der Waals surface area contributed by atoms with E-state index in [0.717, 1.165) is 76.2 Å². The zero-order chi connectivity index (χ0) is 24.6. The van der Waals surface area contributed by atoms with Crippen LogP contribution in [0.2, 0.25) is 0 Å². The number of pyridine rings is 1. The second-order valence-corrected chi connectivity index (χ2v) is 9.65. The Morgan fingerprint density at radius 3 is 2.47 bits per heavy atom. The molecule has 4 heterocycles. The highest BCUT2D eigenvalue weighted by Crippen LogP contribution is 2.35. The smallest absolute Gasteiger partial charge is 0.137 e. The molecule has 0 bridgehead atoms. The van der Waals surface area contributed by atoms with Crippen LogP contribution in [0.5, 0.6) is 0 Å². The van der Waals surface area contributed by atoms with E-state index in [1.165, 1.54) is 5.56 Å². The molecule has 2 aromatic carbocycles. The van der Waals surface area contributed by atoms with Crippen LogP contribution in [0.25, 0.3) is 39.0 Å². The molecule has 36 heavy (non-hydrogen) atoms. The first-order valence-electron chi connectivity index (χ1n) is 12.3. The fraction of sp³-hybridized carbons (Fsp3) is 0.241. The minimum absolute atomic E-state index is 0.450. The number of benzene rings is 2. The Morgan fingerprint density at radius 1 is 0.972 bits per heavy atom. The van der Waals surface area contributed by atoms with E-state index in [4.69, 9.17) is 0 Å². The Balaban J connectivity index is 1.34. The van der Waals surface area contributed by atoms with Crippen LogP contribution in [-0.2, 0) is 0 Å². The largest absolute Gasteiger partial charge is 0.346 e. The molecule has 0 aliphatic carbocycles. The van der Waals surface area contributed by atoms with Crippen LogP contribution in [0.1, 0.15) is 35.6 Å². The molecule has 178 valence electrons. The number of hydrogen-bond acceptors (Lipinski definition) is 5. The highest BCUT2D eigenvalue weighted by atomic mass is 15.4. The first-order chi connectivity index (χ1) is 17.6. The molecule has 0 spiro atoms.